The molecule has 6 nitrogen and oxygen atoms in total. The molecule has 0 saturated carbocycles. The van der Waals surface area contributed by atoms with Gasteiger partial charge in [0.05, 0.1) is 22.8 Å². The van der Waals surface area contributed by atoms with Crippen LogP contribution < -0.4 is 11.1 Å². The van der Waals surface area contributed by atoms with Crippen LogP contribution in [0.25, 0.3) is 16.9 Å². The maximum absolute atomic E-state index is 15.7. The number of nitrogens with two attached hydrogens (primary N) is 1. The van der Waals surface area contributed by atoms with Gasteiger partial charge in [0.15, 0.2) is 0 Å². The molecule has 3 aromatic carbocycles. The predicted molar refractivity (Wildman–Crippen MR) is 145 cm³/mol. The third kappa shape index (κ3) is 5.19. The number of urea groups is 1. The molecule has 0 atom stereocenters. The fourth-order valence-corrected chi connectivity index (χ4v) is 5.35. The number of fused-ring (bicyclic) bond motifs is 1. The van der Waals surface area contributed by atoms with E-state index < -0.39 is 29.3 Å². The number of hydrogen-bond acceptors (Lipinski definition) is 3. The predicted octanol–water partition coefficient (Wildman–Crippen LogP) is 6.27. The quantitative estimate of drug-likeness (QED) is 0.266. The highest BCUT2D eigenvalue weighted by atomic mass is 19.1. The summed E-state index contributed by atoms with van der Waals surface area (Å²) in [7, 11) is 0. The Morgan fingerprint density at radius 3 is 2.35 bits per heavy atom. The van der Waals surface area contributed by atoms with E-state index in [0.717, 1.165) is 46.8 Å². The van der Waals surface area contributed by atoms with Gasteiger partial charge < -0.3 is 11.1 Å². The van der Waals surface area contributed by atoms with Crippen molar-refractivity contribution in [3.8, 4) is 16.9 Å². The molecule has 2 heterocycles. The number of hydrogen-bond donors (Lipinski definition) is 2. The molecule has 0 bridgehead atoms. The monoisotopic (exact) mass is 551 g/mol. The number of rotatable bonds is 7. The molecule has 3 N–H and O–H groups in total. The van der Waals surface area contributed by atoms with Crippen molar-refractivity contribution in [2.24, 2.45) is 5.73 Å². The minimum atomic E-state index is -1.02. The van der Waals surface area contributed by atoms with Crippen LogP contribution in [0.5, 0.6) is 0 Å². The fourth-order valence-electron chi connectivity index (χ4n) is 5.35. The van der Waals surface area contributed by atoms with Gasteiger partial charge >= 0.3 is 6.03 Å². The second-order valence-corrected chi connectivity index (χ2v) is 9.82. The molecule has 10 heteroatoms. The van der Waals surface area contributed by atoms with E-state index in [9.17, 15) is 13.6 Å². The molecule has 2 amide bonds. The zero-order valence-corrected chi connectivity index (χ0v) is 22.2. The number of aryl methyl sites for hydroxylation is 2. The summed E-state index contributed by atoms with van der Waals surface area (Å²) in [6, 6.07) is 10.2. The van der Waals surface area contributed by atoms with E-state index >= 15 is 8.78 Å². The molecule has 0 fully saturated rings. The number of carbonyl (C=O) groups excluding carboxylic acids is 1. The summed E-state index contributed by atoms with van der Waals surface area (Å²) in [4.78, 5) is 13.2. The summed E-state index contributed by atoms with van der Waals surface area (Å²) in [6.07, 6.45) is 1.86. The molecule has 208 valence electrons. The Balaban J connectivity index is 1.68. The van der Waals surface area contributed by atoms with Crippen molar-refractivity contribution in [1.82, 2.24) is 14.7 Å². The lowest BCUT2D eigenvalue weighted by Crippen LogP contribution is -2.30. The smallest absolute Gasteiger partial charge is 0.316 e. The number of aromatic nitrogens is 2. The maximum atomic E-state index is 15.7. The zero-order chi connectivity index (χ0) is 28.6. The number of nitrogens with one attached hydrogen (secondary N) is 1. The second-order valence-electron chi connectivity index (χ2n) is 9.82. The molecule has 1 aliphatic rings. The average molecular weight is 552 g/mol. The number of amides is 2. The van der Waals surface area contributed by atoms with Crippen LogP contribution in [0, 0.1) is 23.3 Å². The van der Waals surface area contributed by atoms with Crippen LogP contribution in [-0.4, -0.2) is 27.3 Å². The van der Waals surface area contributed by atoms with Crippen molar-refractivity contribution < 1.29 is 22.4 Å². The first-order valence-corrected chi connectivity index (χ1v) is 13.1. The molecule has 40 heavy (non-hydrogen) atoms. The second kappa shape index (κ2) is 11.1. The molecule has 4 aromatic rings. The SMILES string of the molecule is CCc1cccc(CC)c1-n1nc2c(c1-c1cc(F)c(NC(N)=O)cc1F)CN(Cc1cc(F)ccc1F)CC2. The van der Waals surface area contributed by atoms with E-state index in [4.69, 9.17) is 10.8 Å². The van der Waals surface area contributed by atoms with Crippen LogP contribution in [-0.2, 0) is 32.4 Å². The summed E-state index contributed by atoms with van der Waals surface area (Å²) < 4.78 is 60.8. The molecule has 0 radical (unpaired) electrons. The van der Waals surface area contributed by atoms with Gasteiger partial charge in [-0.25, -0.2) is 27.0 Å². The van der Waals surface area contributed by atoms with Gasteiger partial charge in [0.1, 0.15) is 23.3 Å². The number of primary amides is 1. The van der Waals surface area contributed by atoms with Crippen molar-refractivity contribution >= 4 is 11.7 Å². The van der Waals surface area contributed by atoms with Gasteiger partial charge in [0.2, 0.25) is 0 Å². The van der Waals surface area contributed by atoms with Gasteiger partial charge in [-0.2, -0.15) is 5.10 Å². The lowest BCUT2D eigenvalue weighted by Gasteiger charge is -2.27. The molecule has 0 spiro atoms. The van der Waals surface area contributed by atoms with Crippen LogP contribution in [0.4, 0.5) is 28.0 Å². The van der Waals surface area contributed by atoms with Crippen molar-refractivity contribution in [3.63, 3.8) is 0 Å². The Morgan fingerprint density at radius 1 is 0.950 bits per heavy atom. The van der Waals surface area contributed by atoms with Crippen molar-refractivity contribution in [2.45, 2.75) is 46.2 Å². The van der Waals surface area contributed by atoms with Gasteiger partial charge in [-0.1, -0.05) is 32.0 Å². The zero-order valence-electron chi connectivity index (χ0n) is 22.2. The summed E-state index contributed by atoms with van der Waals surface area (Å²) in [5.41, 5.74) is 9.47. The molecule has 0 aliphatic carbocycles. The summed E-state index contributed by atoms with van der Waals surface area (Å²) in [6.45, 7) is 4.95. The highest BCUT2D eigenvalue weighted by Gasteiger charge is 2.30. The Hall–Kier alpha value is -4.18. The minimum absolute atomic E-state index is 0.0342. The molecule has 0 saturated heterocycles. The number of carbonyl (C=O) groups is 1. The highest BCUT2D eigenvalue weighted by Crippen LogP contribution is 2.38. The first kappa shape index (κ1) is 27.4. The molecule has 5 rings (SSSR count). The van der Waals surface area contributed by atoms with E-state index in [-0.39, 0.29) is 29.9 Å². The third-order valence-corrected chi connectivity index (χ3v) is 7.26. The first-order valence-electron chi connectivity index (χ1n) is 13.1. The van der Waals surface area contributed by atoms with Gasteiger partial charge in [-0.15, -0.1) is 0 Å². The van der Waals surface area contributed by atoms with Crippen molar-refractivity contribution in [2.75, 3.05) is 11.9 Å². The lowest BCUT2D eigenvalue weighted by atomic mass is 9.98. The van der Waals surface area contributed by atoms with Gasteiger partial charge in [-0.05, 0) is 48.2 Å². The van der Waals surface area contributed by atoms with E-state index in [0.29, 0.717) is 37.1 Å². The number of anilines is 1. The molecule has 1 aliphatic heterocycles. The maximum Gasteiger partial charge on any atom is 0.316 e. The van der Waals surface area contributed by atoms with Crippen LogP contribution in [0.1, 0.15) is 41.8 Å². The van der Waals surface area contributed by atoms with E-state index in [1.165, 1.54) is 6.07 Å². The van der Waals surface area contributed by atoms with Crippen LogP contribution in [0.2, 0.25) is 0 Å². The summed E-state index contributed by atoms with van der Waals surface area (Å²) in [5.74, 6) is -2.67. The first-order chi connectivity index (χ1) is 19.2. The van der Waals surface area contributed by atoms with Crippen molar-refractivity contribution in [1.29, 1.82) is 0 Å². The van der Waals surface area contributed by atoms with E-state index in [1.54, 1.807) is 4.68 Å². The fraction of sp³-hybridized carbons (Fsp3) is 0.267. The Morgan fingerprint density at radius 2 is 1.68 bits per heavy atom. The van der Waals surface area contributed by atoms with Gasteiger partial charge in [0.25, 0.3) is 0 Å². The Kier molecular flexibility index (Phi) is 7.62. The van der Waals surface area contributed by atoms with Crippen LogP contribution in [0.15, 0.2) is 48.5 Å². The average Bonchev–Trinajstić information content (AvgIpc) is 3.29. The molecular formula is C30H29F4N5O. The van der Waals surface area contributed by atoms with Gasteiger partial charge in [0, 0.05) is 48.8 Å². The van der Waals surface area contributed by atoms with Gasteiger partial charge in [-0.3, -0.25) is 4.90 Å². The largest absolute Gasteiger partial charge is 0.351 e. The molecule has 0 unspecified atom stereocenters. The molecule has 1 aromatic heterocycles. The lowest BCUT2D eigenvalue weighted by molar-refractivity contribution is 0.241. The Bertz CT molecular complexity index is 1580. The number of benzene rings is 3. The van der Waals surface area contributed by atoms with E-state index in [1.807, 2.05) is 36.9 Å². The van der Waals surface area contributed by atoms with Crippen LogP contribution in [0.3, 0.4) is 0 Å². The van der Waals surface area contributed by atoms with Crippen molar-refractivity contribution in [3.05, 3.63) is 99.7 Å². The normalized spacial score (nSPS) is 13.3. The number of nitrogens with zero attached hydrogens (tertiary/aromatic N) is 3. The topological polar surface area (TPSA) is 76.2 Å². The van der Waals surface area contributed by atoms with E-state index in [2.05, 4.69) is 5.32 Å². The highest BCUT2D eigenvalue weighted by molar-refractivity contribution is 5.88. The minimum Gasteiger partial charge on any atom is -0.351 e. The number of halogens is 4. The standard InChI is InChI=1S/C30H29F4N5O/c1-3-17-6-5-7-18(4-2)28(17)39-29(21-13-25(34)27(14-24(21)33)36-30(35)40)22-16-38(11-10-26(22)37-39)15-19-12-20(31)8-9-23(19)32/h5-9,12-14H,3-4,10-11,15-16H2,1-2H3,(H3,35,36,40). The third-order valence-electron chi connectivity index (χ3n) is 7.26. The molecular weight excluding hydrogens is 522 g/mol. The summed E-state index contributed by atoms with van der Waals surface area (Å²) >= 11 is 0. The summed E-state index contributed by atoms with van der Waals surface area (Å²) in [5, 5.41) is 7.01. The Labute approximate surface area is 229 Å². The van der Waals surface area contributed by atoms with Crippen LogP contribution >= 0.6 is 0 Å². The number of para-hydroxylation sites is 1.